The van der Waals surface area contributed by atoms with Gasteiger partial charge >= 0.3 is 0 Å². The third kappa shape index (κ3) is 6.72. The molecule has 1 fully saturated rings. The summed E-state index contributed by atoms with van der Waals surface area (Å²) < 4.78 is 5.46. The summed E-state index contributed by atoms with van der Waals surface area (Å²) in [5.74, 6) is 0.905. The van der Waals surface area contributed by atoms with E-state index in [1.807, 2.05) is 26.8 Å². The smallest absolute Gasteiger partial charge is 0.293 e. The number of pyridine rings is 1. The molecule has 1 saturated heterocycles. The number of hydrogen-bond acceptors (Lipinski definition) is 6. The maximum atomic E-state index is 9.60. The van der Waals surface area contributed by atoms with Crippen LogP contribution in [0, 0.1) is 0 Å². The summed E-state index contributed by atoms with van der Waals surface area (Å²) >= 11 is 3.36. The lowest BCUT2D eigenvalue weighted by Gasteiger charge is -2.29. The molecule has 0 unspecified atom stereocenters. The Morgan fingerprint density at radius 2 is 2.09 bits per heavy atom. The molecule has 22 heavy (non-hydrogen) atoms. The second-order valence-electron chi connectivity index (χ2n) is 5.86. The van der Waals surface area contributed by atoms with E-state index in [9.17, 15) is 9.90 Å². The van der Waals surface area contributed by atoms with Crippen molar-refractivity contribution in [3.63, 3.8) is 0 Å². The number of ether oxygens (including phenoxy) is 1. The van der Waals surface area contributed by atoms with Crippen molar-refractivity contribution in [2.45, 2.75) is 33.0 Å². The molecule has 2 N–H and O–H groups in total. The lowest BCUT2D eigenvalue weighted by molar-refractivity contribution is -0.138. The molecule has 6 nitrogen and oxygen atoms in total. The van der Waals surface area contributed by atoms with Gasteiger partial charge in [0.1, 0.15) is 11.4 Å². The monoisotopic (exact) mass is 373 g/mol. The maximum absolute atomic E-state index is 9.60. The first-order valence-electron chi connectivity index (χ1n) is 7.20. The molecule has 1 aromatic heterocycles. The standard InChI is InChI=1S/C10H14BrN3O.C5H10O2/c11-9-5-8(7-15)10(13-6-9)14-3-1-12-2-4-14;1-5(2,3)7-4-6/h5-6,12,15H,1-4,7H2;4H,1-3H3. The van der Waals surface area contributed by atoms with E-state index in [2.05, 4.69) is 35.9 Å². The Morgan fingerprint density at radius 1 is 1.45 bits per heavy atom. The fourth-order valence-corrected chi connectivity index (χ4v) is 2.27. The molecule has 2 rings (SSSR count). The van der Waals surface area contributed by atoms with Gasteiger partial charge in [-0.3, -0.25) is 4.79 Å². The van der Waals surface area contributed by atoms with Gasteiger partial charge < -0.3 is 20.1 Å². The average Bonchev–Trinajstić information content (AvgIpc) is 2.47. The highest BCUT2D eigenvalue weighted by Crippen LogP contribution is 2.21. The van der Waals surface area contributed by atoms with Crippen molar-refractivity contribution in [1.82, 2.24) is 10.3 Å². The van der Waals surface area contributed by atoms with Crippen LogP contribution < -0.4 is 10.2 Å². The van der Waals surface area contributed by atoms with Crippen molar-refractivity contribution in [3.05, 3.63) is 22.3 Å². The largest absolute Gasteiger partial charge is 0.462 e. The molecule has 0 amide bonds. The maximum Gasteiger partial charge on any atom is 0.293 e. The van der Waals surface area contributed by atoms with Crippen LogP contribution in [-0.2, 0) is 16.1 Å². The van der Waals surface area contributed by atoms with Gasteiger partial charge in [-0.25, -0.2) is 4.98 Å². The van der Waals surface area contributed by atoms with E-state index < -0.39 is 0 Å². The first-order chi connectivity index (χ1) is 10.4. The van der Waals surface area contributed by atoms with Gasteiger partial charge in [-0.2, -0.15) is 0 Å². The third-order valence-corrected chi connectivity index (χ3v) is 3.33. The van der Waals surface area contributed by atoms with Gasteiger partial charge in [-0.15, -0.1) is 0 Å². The van der Waals surface area contributed by atoms with Crippen LogP contribution in [0.25, 0.3) is 0 Å². The number of halogens is 1. The van der Waals surface area contributed by atoms with Crippen LogP contribution in [0.2, 0.25) is 0 Å². The molecule has 0 aliphatic carbocycles. The molecular formula is C15H24BrN3O3. The van der Waals surface area contributed by atoms with Gasteiger partial charge in [-0.05, 0) is 42.8 Å². The number of hydrogen-bond donors (Lipinski definition) is 2. The quantitative estimate of drug-likeness (QED) is 0.785. The highest BCUT2D eigenvalue weighted by atomic mass is 79.9. The highest BCUT2D eigenvalue weighted by molar-refractivity contribution is 9.10. The van der Waals surface area contributed by atoms with Crippen molar-refractivity contribution < 1.29 is 14.6 Å². The summed E-state index contributed by atoms with van der Waals surface area (Å²) in [6.45, 7) is 9.80. The molecule has 0 bridgehead atoms. The van der Waals surface area contributed by atoms with Crippen LogP contribution in [0.15, 0.2) is 16.7 Å². The number of piperazine rings is 1. The number of anilines is 1. The van der Waals surface area contributed by atoms with Gasteiger partial charge in [0, 0.05) is 42.4 Å². The fourth-order valence-electron chi connectivity index (χ4n) is 1.90. The SMILES string of the molecule is CC(C)(C)OC=O.OCc1cc(Br)cnc1N1CCNCC1. The first-order valence-corrected chi connectivity index (χ1v) is 7.99. The number of aromatic nitrogens is 1. The molecule has 1 aromatic rings. The molecule has 0 atom stereocenters. The van der Waals surface area contributed by atoms with E-state index in [1.165, 1.54) is 0 Å². The summed E-state index contributed by atoms with van der Waals surface area (Å²) in [4.78, 5) is 16.2. The molecule has 124 valence electrons. The zero-order chi connectivity index (χ0) is 16.6. The predicted molar refractivity (Wildman–Crippen MR) is 89.8 cm³/mol. The van der Waals surface area contributed by atoms with Crippen LogP contribution >= 0.6 is 15.9 Å². The summed E-state index contributed by atoms with van der Waals surface area (Å²) in [5, 5.41) is 12.6. The molecule has 0 aromatic carbocycles. The summed E-state index contributed by atoms with van der Waals surface area (Å²) in [5.41, 5.74) is 0.563. The Balaban J connectivity index is 0.000000295. The van der Waals surface area contributed by atoms with E-state index >= 15 is 0 Å². The highest BCUT2D eigenvalue weighted by Gasteiger charge is 2.15. The molecule has 7 heteroatoms. The van der Waals surface area contributed by atoms with Gasteiger partial charge in [0.05, 0.1) is 6.61 Å². The number of carbonyl (C=O) groups excluding carboxylic acids is 1. The van der Waals surface area contributed by atoms with Crippen molar-refractivity contribution >= 4 is 28.2 Å². The molecular weight excluding hydrogens is 350 g/mol. The molecule has 2 heterocycles. The number of carbonyl (C=O) groups is 1. The zero-order valence-electron chi connectivity index (χ0n) is 13.3. The van der Waals surface area contributed by atoms with Gasteiger partial charge in [-0.1, -0.05) is 0 Å². The summed E-state index contributed by atoms with van der Waals surface area (Å²) in [6.07, 6.45) is 1.77. The van der Waals surface area contributed by atoms with E-state index in [4.69, 9.17) is 0 Å². The lowest BCUT2D eigenvalue weighted by atomic mass is 10.2. The second-order valence-corrected chi connectivity index (χ2v) is 6.77. The molecule has 0 radical (unpaired) electrons. The zero-order valence-corrected chi connectivity index (χ0v) is 14.9. The number of aliphatic hydroxyl groups is 1. The van der Waals surface area contributed by atoms with Crippen molar-refractivity contribution in [2.75, 3.05) is 31.1 Å². The molecule has 1 aliphatic rings. The molecule has 0 spiro atoms. The minimum absolute atomic E-state index is 0.0334. The Hall–Kier alpha value is -1.18. The summed E-state index contributed by atoms with van der Waals surface area (Å²) in [6, 6.07) is 1.92. The Labute approximate surface area is 140 Å². The van der Waals surface area contributed by atoms with Crippen LogP contribution in [0.4, 0.5) is 5.82 Å². The average molecular weight is 374 g/mol. The number of aliphatic hydroxyl groups excluding tert-OH is 1. The predicted octanol–water partition coefficient (Wildman–Crippen LogP) is 1.70. The van der Waals surface area contributed by atoms with Crippen LogP contribution in [0.5, 0.6) is 0 Å². The van der Waals surface area contributed by atoms with Gasteiger partial charge in [0.25, 0.3) is 6.47 Å². The Kier molecular flexibility index (Phi) is 7.78. The van der Waals surface area contributed by atoms with E-state index in [-0.39, 0.29) is 12.2 Å². The second kappa shape index (κ2) is 9.07. The van der Waals surface area contributed by atoms with Gasteiger partial charge in [0.15, 0.2) is 0 Å². The number of nitrogens with zero attached hydrogens (tertiary/aromatic N) is 2. The lowest BCUT2D eigenvalue weighted by Crippen LogP contribution is -2.44. The van der Waals surface area contributed by atoms with E-state index in [1.54, 1.807) is 6.20 Å². The molecule has 0 saturated carbocycles. The summed E-state index contributed by atoms with van der Waals surface area (Å²) in [7, 11) is 0. The fraction of sp³-hybridized carbons (Fsp3) is 0.600. The topological polar surface area (TPSA) is 74.7 Å². The van der Waals surface area contributed by atoms with E-state index in [0.29, 0.717) is 6.47 Å². The Morgan fingerprint density at radius 3 is 2.55 bits per heavy atom. The van der Waals surface area contributed by atoms with Crippen LogP contribution in [-0.4, -0.2) is 48.3 Å². The normalized spacial score (nSPS) is 14.9. The van der Waals surface area contributed by atoms with Crippen molar-refractivity contribution in [1.29, 1.82) is 0 Å². The van der Waals surface area contributed by atoms with Crippen LogP contribution in [0.1, 0.15) is 26.3 Å². The number of nitrogens with one attached hydrogen (secondary N) is 1. The third-order valence-electron chi connectivity index (χ3n) is 2.90. The minimum atomic E-state index is -0.318. The van der Waals surface area contributed by atoms with Gasteiger partial charge in [0.2, 0.25) is 0 Å². The number of rotatable bonds is 3. The van der Waals surface area contributed by atoms with E-state index in [0.717, 1.165) is 42.0 Å². The first kappa shape index (κ1) is 18.9. The van der Waals surface area contributed by atoms with Crippen LogP contribution in [0.3, 0.4) is 0 Å². The minimum Gasteiger partial charge on any atom is -0.462 e. The van der Waals surface area contributed by atoms with Crippen molar-refractivity contribution in [2.24, 2.45) is 0 Å². The molecule has 1 aliphatic heterocycles. The Bertz CT molecular complexity index is 472. The van der Waals surface area contributed by atoms with Crippen molar-refractivity contribution in [3.8, 4) is 0 Å².